The van der Waals surface area contributed by atoms with Gasteiger partial charge in [0.05, 0.1) is 10.2 Å². The Kier molecular flexibility index (Phi) is 4.94. The van der Waals surface area contributed by atoms with Crippen molar-refractivity contribution in [1.29, 1.82) is 0 Å². The third-order valence-electron chi connectivity index (χ3n) is 3.01. The van der Waals surface area contributed by atoms with Crippen LogP contribution in [0.15, 0.2) is 28.7 Å². The molecule has 0 amide bonds. The number of hydrogen-bond donors (Lipinski definition) is 0. The Balaban J connectivity index is 2.56. The summed E-state index contributed by atoms with van der Waals surface area (Å²) in [5, 5.41) is 0.486. The Bertz CT molecular complexity index is 584. The molecule has 0 spiro atoms. The number of rotatable bonds is 4. The van der Waals surface area contributed by atoms with E-state index in [4.69, 9.17) is 11.6 Å². The van der Waals surface area contributed by atoms with Crippen LogP contribution in [0.2, 0.25) is 5.15 Å². The van der Waals surface area contributed by atoms with E-state index >= 15 is 0 Å². The van der Waals surface area contributed by atoms with E-state index in [9.17, 15) is 0 Å². The van der Waals surface area contributed by atoms with E-state index in [1.807, 2.05) is 18.2 Å². The highest BCUT2D eigenvalue weighted by Gasteiger charge is 2.13. The lowest BCUT2D eigenvalue weighted by atomic mass is 10.0. The Hall–Kier alpha value is -0.930. The number of aryl methyl sites for hydroxylation is 2. The topological polar surface area (TPSA) is 25.8 Å². The first-order chi connectivity index (χ1) is 9.17. The van der Waals surface area contributed by atoms with E-state index in [0.29, 0.717) is 11.0 Å². The lowest BCUT2D eigenvalue weighted by Gasteiger charge is -2.10. The number of halogens is 2. The van der Waals surface area contributed by atoms with E-state index in [1.54, 1.807) is 0 Å². The maximum absolute atomic E-state index is 6.20. The summed E-state index contributed by atoms with van der Waals surface area (Å²) < 4.78 is 0.814. The minimum absolute atomic E-state index is 0.486. The number of hydrogen-bond acceptors (Lipinski definition) is 2. The normalized spacial score (nSPS) is 10.7. The Morgan fingerprint density at radius 3 is 2.58 bits per heavy atom. The zero-order valence-electron chi connectivity index (χ0n) is 11.1. The molecule has 0 saturated heterocycles. The molecule has 19 heavy (non-hydrogen) atoms. The van der Waals surface area contributed by atoms with Crippen LogP contribution in [0.25, 0.3) is 11.4 Å². The molecule has 0 aliphatic rings. The summed E-state index contributed by atoms with van der Waals surface area (Å²) in [6, 6.07) is 8.20. The molecule has 2 aromatic rings. The summed E-state index contributed by atoms with van der Waals surface area (Å²) in [7, 11) is 0. The predicted molar refractivity (Wildman–Crippen MR) is 83.6 cm³/mol. The summed E-state index contributed by atoms with van der Waals surface area (Å²) in [5.74, 6) is 0.717. The van der Waals surface area contributed by atoms with Gasteiger partial charge in [-0.2, -0.15) is 0 Å². The van der Waals surface area contributed by atoms with Gasteiger partial charge < -0.3 is 0 Å². The van der Waals surface area contributed by atoms with Gasteiger partial charge in [-0.05, 0) is 34.3 Å². The molecule has 1 aromatic carbocycles. The first-order valence-corrected chi connectivity index (χ1v) is 7.64. The molecule has 0 aliphatic heterocycles. The highest BCUT2D eigenvalue weighted by molar-refractivity contribution is 9.10. The van der Waals surface area contributed by atoms with Gasteiger partial charge >= 0.3 is 0 Å². The number of aromatic nitrogens is 2. The van der Waals surface area contributed by atoms with Gasteiger partial charge in [0, 0.05) is 5.56 Å². The minimum atomic E-state index is 0.486. The molecule has 1 aromatic heterocycles. The Morgan fingerprint density at radius 1 is 1.16 bits per heavy atom. The summed E-state index contributed by atoms with van der Waals surface area (Å²) >= 11 is 9.67. The fourth-order valence-electron chi connectivity index (χ4n) is 2.03. The molecule has 1 heterocycles. The van der Waals surface area contributed by atoms with Gasteiger partial charge in [0.15, 0.2) is 5.82 Å². The zero-order valence-corrected chi connectivity index (χ0v) is 13.4. The monoisotopic (exact) mass is 338 g/mol. The largest absolute Gasteiger partial charge is 0.232 e. The molecule has 0 unspecified atom stereocenters. The maximum Gasteiger partial charge on any atom is 0.161 e. The third kappa shape index (κ3) is 3.15. The van der Waals surface area contributed by atoms with Crippen molar-refractivity contribution in [1.82, 2.24) is 9.97 Å². The van der Waals surface area contributed by atoms with Crippen LogP contribution in [0.5, 0.6) is 0 Å². The van der Waals surface area contributed by atoms with E-state index in [-0.39, 0.29) is 0 Å². The minimum Gasteiger partial charge on any atom is -0.232 e. The molecule has 0 fully saturated rings. The molecular formula is C15H16BrClN2. The molecule has 0 aliphatic carbocycles. The fourth-order valence-corrected chi connectivity index (χ4v) is 2.60. The molecule has 0 bridgehead atoms. The molecule has 2 nitrogen and oxygen atoms in total. The van der Waals surface area contributed by atoms with Gasteiger partial charge in [0.1, 0.15) is 5.15 Å². The van der Waals surface area contributed by atoms with Gasteiger partial charge in [-0.15, -0.1) is 0 Å². The maximum atomic E-state index is 6.20. The molecular weight excluding hydrogens is 324 g/mol. The molecule has 0 atom stereocenters. The van der Waals surface area contributed by atoms with Crippen LogP contribution in [-0.4, -0.2) is 9.97 Å². The molecule has 2 rings (SSSR count). The molecule has 4 heteroatoms. The fraction of sp³-hybridized carbons (Fsp3) is 0.333. The van der Waals surface area contributed by atoms with Gasteiger partial charge in [0.2, 0.25) is 0 Å². The number of benzene rings is 1. The van der Waals surface area contributed by atoms with Crippen molar-refractivity contribution in [3.8, 4) is 11.4 Å². The summed E-state index contributed by atoms with van der Waals surface area (Å²) in [6.07, 6.45) is 2.88. The Morgan fingerprint density at radius 2 is 1.89 bits per heavy atom. The van der Waals surface area contributed by atoms with Crippen molar-refractivity contribution in [2.24, 2.45) is 0 Å². The van der Waals surface area contributed by atoms with Crippen LogP contribution in [0.4, 0.5) is 0 Å². The molecule has 100 valence electrons. The SMILES string of the molecule is CCCc1nc(-c2ccccc2CC)nc(Cl)c1Br. The highest BCUT2D eigenvalue weighted by atomic mass is 79.9. The summed E-state index contributed by atoms with van der Waals surface area (Å²) in [4.78, 5) is 9.06. The zero-order chi connectivity index (χ0) is 13.8. The first kappa shape index (κ1) is 14.5. The van der Waals surface area contributed by atoms with E-state index in [0.717, 1.165) is 35.0 Å². The molecule has 0 N–H and O–H groups in total. The van der Waals surface area contributed by atoms with Crippen molar-refractivity contribution in [3.05, 3.63) is 45.1 Å². The lowest BCUT2D eigenvalue weighted by Crippen LogP contribution is -2.00. The van der Waals surface area contributed by atoms with Crippen molar-refractivity contribution >= 4 is 27.5 Å². The Labute approximate surface area is 127 Å². The second kappa shape index (κ2) is 6.49. The predicted octanol–water partition coefficient (Wildman–Crippen LogP) is 5.07. The molecule has 0 saturated carbocycles. The van der Waals surface area contributed by atoms with Gasteiger partial charge in [-0.1, -0.05) is 56.1 Å². The summed E-state index contributed by atoms with van der Waals surface area (Å²) in [5.41, 5.74) is 3.28. The quantitative estimate of drug-likeness (QED) is 0.726. The van der Waals surface area contributed by atoms with Crippen molar-refractivity contribution in [2.75, 3.05) is 0 Å². The number of nitrogens with zero attached hydrogens (tertiary/aromatic N) is 2. The van der Waals surface area contributed by atoms with Crippen LogP contribution in [0.1, 0.15) is 31.5 Å². The van der Waals surface area contributed by atoms with Gasteiger partial charge in [-0.25, -0.2) is 9.97 Å². The van der Waals surface area contributed by atoms with Crippen molar-refractivity contribution in [2.45, 2.75) is 33.1 Å². The standard InChI is InChI=1S/C15H16BrClN2/c1-3-7-12-13(16)14(17)19-15(18-12)11-9-6-5-8-10(11)4-2/h5-6,8-9H,3-4,7H2,1-2H3. The van der Waals surface area contributed by atoms with Crippen LogP contribution in [0.3, 0.4) is 0 Å². The average Bonchev–Trinajstić information content (AvgIpc) is 2.43. The van der Waals surface area contributed by atoms with E-state index < -0.39 is 0 Å². The first-order valence-electron chi connectivity index (χ1n) is 6.47. The summed E-state index contributed by atoms with van der Waals surface area (Å²) in [6.45, 7) is 4.26. The second-order valence-corrected chi connectivity index (χ2v) is 5.51. The van der Waals surface area contributed by atoms with Crippen LogP contribution >= 0.6 is 27.5 Å². The second-order valence-electron chi connectivity index (χ2n) is 4.36. The van der Waals surface area contributed by atoms with Crippen molar-refractivity contribution in [3.63, 3.8) is 0 Å². The van der Waals surface area contributed by atoms with E-state index in [1.165, 1.54) is 5.56 Å². The third-order valence-corrected chi connectivity index (χ3v) is 4.34. The van der Waals surface area contributed by atoms with Crippen LogP contribution in [-0.2, 0) is 12.8 Å². The van der Waals surface area contributed by atoms with Gasteiger partial charge in [0.25, 0.3) is 0 Å². The van der Waals surface area contributed by atoms with Crippen LogP contribution < -0.4 is 0 Å². The smallest absolute Gasteiger partial charge is 0.161 e. The highest BCUT2D eigenvalue weighted by Crippen LogP contribution is 2.29. The average molecular weight is 340 g/mol. The van der Waals surface area contributed by atoms with E-state index in [2.05, 4.69) is 45.8 Å². The van der Waals surface area contributed by atoms with Crippen molar-refractivity contribution < 1.29 is 0 Å². The van der Waals surface area contributed by atoms with Crippen LogP contribution in [0, 0.1) is 0 Å². The van der Waals surface area contributed by atoms with Gasteiger partial charge in [-0.3, -0.25) is 0 Å². The molecule has 0 radical (unpaired) electrons. The lowest BCUT2D eigenvalue weighted by molar-refractivity contribution is 0.867.